The fraction of sp³-hybridized carbons (Fsp3) is 0.0476. The summed E-state index contributed by atoms with van der Waals surface area (Å²) in [5, 5.41) is 3.11. The highest BCUT2D eigenvalue weighted by Crippen LogP contribution is 2.32. The Bertz CT molecular complexity index is 1190. The van der Waals surface area contributed by atoms with Crippen molar-refractivity contribution < 1.29 is 18.3 Å². The lowest BCUT2D eigenvalue weighted by atomic mass is 10.2. The number of rotatable bonds is 4. The molecule has 1 aromatic heterocycles. The molecule has 140 valence electrons. The molecule has 0 atom stereocenters. The third-order valence-electron chi connectivity index (χ3n) is 4.16. The molecular formula is C21H14ClFN2O3. The number of hydrogen-bond acceptors (Lipinski definition) is 4. The zero-order valence-electron chi connectivity index (χ0n) is 14.7. The smallest absolute Gasteiger partial charge is 0.258 e. The van der Waals surface area contributed by atoms with Crippen molar-refractivity contribution in [1.82, 2.24) is 4.98 Å². The Morgan fingerprint density at radius 2 is 1.96 bits per heavy atom. The van der Waals surface area contributed by atoms with Crippen LogP contribution in [0.1, 0.15) is 10.4 Å². The van der Waals surface area contributed by atoms with Crippen LogP contribution in [0.5, 0.6) is 5.75 Å². The maximum absolute atomic E-state index is 13.8. The van der Waals surface area contributed by atoms with Crippen LogP contribution in [0.3, 0.4) is 0 Å². The molecule has 0 aliphatic carbocycles. The van der Waals surface area contributed by atoms with Gasteiger partial charge in [-0.05, 0) is 48.5 Å². The van der Waals surface area contributed by atoms with Gasteiger partial charge >= 0.3 is 0 Å². The van der Waals surface area contributed by atoms with Crippen LogP contribution in [0.4, 0.5) is 10.1 Å². The monoisotopic (exact) mass is 396 g/mol. The first-order valence-corrected chi connectivity index (χ1v) is 8.73. The van der Waals surface area contributed by atoms with Gasteiger partial charge in [0, 0.05) is 11.3 Å². The first-order chi connectivity index (χ1) is 13.5. The number of fused-ring (bicyclic) bond motifs is 1. The summed E-state index contributed by atoms with van der Waals surface area (Å²) in [5.41, 5.74) is 2.24. The van der Waals surface area contributed by atoms with Gasteiger partial charge in [-0.2, -0.15) is 0 Å². The predicted octanol–water partition coefficient (Wildman–Crippen LogP) is 5.55. The number of nitrogens with zero attached hydrogens (tertiary/aromatic N) is 1. The molecule has 0 aliphatic heterocycles. The summed E-state index contributed by atoms with van der Waals surface area (Å²) in [7, 11) is 1.54. The van der Waals surface area contributed by atoms with E-state index in [4.69, 9.17) is 20.8 Å². The Kier molecular flexibility index (Phi) is 4.71. The number of oxazole rings is 1. The number of carbonyl (C=O) groups excluding carboxylic acids is 1. The van der Waals surface area contributed by atoms with Crippen LogP contribution in [0.15, 0.2) is 65.1 Å². The number of amides is 1. The maximum atomic E-state index is 13.8. The molecular weight excluding hydrogens is 383 g/mol. The lowest BCUT2D eigenvalue weighted by molar-refractivity contribution is 0.102. The lowest BCUT2D eigenvalue weighted by Gasteiger charge is -2.05. The Morgan fingerprint density at radius 1 is 1.14 bits per heavy atom. The fourth-order valence-electron chi connectivity index (χ4n) is 2.77. The van der Waals surface area contributed by atoms with Crippen molar-refractivity contribution in [3.63, 3.8) is 0 Å². The molecule has 1 amide bonds. The molecule has 0 spiro atoms. The molecule has 0 radical (unpaired) electrons. The molecule has 3 aromatic carbocycles. The molecule has 0 fully saturated rings. The maximum Gasteiger partial charge on any atom is 0.258 e. The second kappa shape index (κ2) is 7.32. The summed E-state index contributed by atoms with van der Waals surface area (Å²) in [4.78, 5) is 16.7. The second-order valence-corrected chi connectivity index (χ2v) is 6.39. The van der Waals surface area contributed by atoms with Crippen molar-refractivity contribution >= 4 is 34.3 Å². The summed E-state index contributed by atoms with van der Waals surface area (Å²) in [5.74, 6) is -0.180. The van der Waals surface area contributed by atoms with E-state index in [0.29, 0.717) is 39.0 Å². The highest BCUT2D eigenvalue weighted by atomic mass is 35.5. The first-order valence-electron chi connectivity index (χ1n) is 8.35. The van der Waals surface area contributed by atoms with E-state index in [0.717, 1.165) is 0 Å². The number of ether oxygens (including phenoxy) is 1. The number of aromatic nitrogens is 1. The van der Waals surface area contributed by atoms with E-state index in [1.807, 2.05) is 0 Å². The number of halogens is 2. The van der Waals surface area contributed by atoms with E-state index in [9.17, 15) is 9.18 Å². The highest BCUT2D eigenvalue weighted by molar-refractivity contribution is 6.32. The molecule has 5 nitrogen and oxygen atoms in total. The molecule has 4 aromatic rings. The van der Waals surface area contributed by atoms with Gasteiger partial charge in [0.2, 0.25) is 5.89 Å². The first kappa shape index (κ1) is 18.0. The number of nitrogens with one attached hydrogen (secondary N) is 1. The minimum Gasteiger partial charge on any atom is -0.495 e. The highest BCUT2D eigenvalue weighted by Gasteiger charge is 2.14. The molecule has 7 heteroatoms. The van der Waals surface area contributed by atoms with Crippen molar-refractivity contribution in [1.29, 1.82) is 0 Å². The lowest BCUT2D eigenvalue weighted by Crippen LogP contribution is -2.13. The van der Waals surface area contributed by atoms with Gasteiger partial charge in [0.05, 0.1) is 17.7 Å². The Balaban J connectivity index is 1.62. The third-order valence-corrected chi connectivity index (χ3v) is 4.46. The van der Waals surface area contributed by atoms with Crippen molar-refractivity contribution in [2.24, 2.45) is 0 Å². The van der Waals surface area contributed by atoms with Crippen LogP contribution in [-0.4, -0.2) is 18.0 Å². The van der Waals surface area contributed by atoms with Crippen LogP contribution >= 0.6 is 11.6 Å². The van der Waals surface area contributed by atoms with Crippen molar-refractivity contribution in [3.8, 4) is 17.2 Å². The van der Waals surface area contributed by atoms with Gasteiger partial charge in [0.1, 0.15) is 17.1 Å². The number of anilines is 1. The second-order valence-electron chi connectivity index (χ2n) is 5.98. The minimum atomic E-state index is -0.582. The normalized spacial score (nSPS) is 10.8. The van der Waals surface area contributed by atoms with Crippen molar-refractivity contribution in [2.45, 2.75) is 0 Å². The molecule has 0 unspecified atom stereocenters. The van der Waals surface area contributed by atoms with E-state index in [1.165, 1.54) is 25.3 Å². The number of hydrogen-bond donors (Lipinski definition) is 1. The summed E-state index contributed by atoms with van der Waals surface area (Å²) in [6, 6.07) is 16.0. The van der Waals surface area contributed by atoms with Gasteiger partial charge in [-0.25, -0.2) is 9.37 Å². The van der Waals surface area contributed by atoms with Crippen LogP contribution in [-0.2, 0) is 0 Å². The number of benzene rings is 3. The van der Waals surface area contributed by atoms with Gasteiger partial charge in [-0.15, -0.1) is 0 Å². The molecule has 1 N–H and O–H groups in total. The fourth-order valence-corrected chi connectivity index (χ4v) is 3.03. The van der Waals surface area contributed by atoms with Gasteiger partial charge in [0.15, 0.2) is 5.58 Å². The Morgan fingerprint density at radius 3 is 2.71 bits per heavy atom. The van der Waals surface area contributed by atoms with Crippen molar-refractivity contribution in [3.05, 3.63) is 77.1 Å². The molecule has 0 bridgehead atoms. The Labute approximate surface area is 164 Å². The van der Waals surface area contributed by atoms with Crippen molar-refractivity contribution in [2.75, 3.05) is 12.4 Å². The number of methoxy groups -OCH3 is 1. The third kappa shape index (κ3) is 3.42. The molecule has 0 saturated carbocycles. The largest absolute Gasteiger partial charge is 0.495 e. The van der Waals surface area contributed by atoms with Gasteiger partial charge in [0.25, 0.3) is 5.91 Å². The zero-order chi connectivity index (χ0) is 19.7. The van der Waals surface area contributed by atoms with E-state index >= 15 is 0 Å². The predicted molar refractivity (Wildman–Crippen MR) is 105 cm³/mol. The molecule has 4 rings (SSSR count). The van der Waals surface area contributed by atoms with Crippen LogP contribution in [0.2, 0.25) is 5.02 Å². The quantitative estimate of drug-likeness (QED) is 0.491. The topological polar surface area (TPSA) is 64.4 Å². The van der Waals surface area contributed by atoms with E-state index in [-0.39, 0.29) is 5.56 Å². The van der Waals surface area contributed by atoms with Crippen LogP contribution < -0.4 is 10.1 Å². The molecule has 28 heavy (non-hydrogen) atoms. The van der Waals surface area contributed by atoms with Gasteiger partial charge < -0.3 is 14.5 Å². The van der Waals surface area contributed by atoms with E-state index in [1.54, 1.807) is 42.5 Å². The summed E-state index contributed by atoms with van der Waals surface area (Å²) in [6.45, 7) is 0. The van der Waals surface area contributed by atoms with E-state index in [2.05, 4.69) is 10.3 Å². The average Bonchev–Trinajstić information content (AvgIpc) is 3.11. The summed E-state index contributed by atoms with van der Waals surface area (Å²) < 4.78 is 24.7. The zero-order valence-corrected chi connectivity index (χ0v) is 15.5. The minimum absolute atomic E-state index is 0.0312. The molecule has 0 saturated heterocycles. The van der Waals surface area contributed by atoms with Gasteiger partial charge in [-0.3, -0.25) is 4.79 Å². The van der Waals surface area contributed by atoms with Crippen LogP contribution in [0.25, 0.3) is 22.6 Å². The SMILES string of the molecule is COc1ccc(-c2nc3cc(NC(=O)c4ccccc4F)ccc3o2)cc1Cl. The van der Waals surface area contributed by atoms with Crippen LogP contribution in [0, 0.1) is 5.82 Å². The van der Waals surface area contributed by atoms with E-state index < -0.39 is 11.7 Å². The molecule has 0 aliphatic rings. The molecule has 1 heterocycles. The standard InChI is InChI=1S/C21H14ClFN2O3/c1-27-18-8-6-12(10-15(18)22)21-25-17-11-13(7-9-19(17)28-21)24-20(26)14-4-2-3-5-16(14)23/h2-11H,1H3,(H,24,26). The van der Waals surface area contributed by atoms with Gasteiger partial charge in [-0.1, -0.05) is 23.7 Å². The Hall–Kier alpha value is -3.38. The summed E-state index contributed by atoms with van der Waals surface area (Å²) in [6.07, 6.45) is 0. The summed E-state index contributed by atoms with van der Waals surface area (Å²) >= 11 is 6.16. The number of carbonyl (C=O) groups is 1. The average molecular weight is 397 g/mol.